The fourth-order valence-electron chi connectivity index (χ4n) is 1.42. The Labute approximate surface area is 72.6 Å². The summed E-state index contributed by atoms with van der Waals surface area (Å²) >= 11 is 0. The highest BCUT2D eigenvalue weighted by molar-refractivity contribution is 5.22. The number of nitrogens with two attached hydrogens (primary N) is 1. The summed E-state index contributed by atoms with van der Waals surface area (Å²) in [6.07, 6.45) is 5.18. The van der Waals surface area contributed by atoms with Crippen LogP contribution in [-0.2, 0) is 0 Å². The fraction of sp³-hybridized carbons (Fsp3) is 0.667. The van der Waals surface area contributed by atoms with Crippen molar-refractivity contribution in [2.75, 3.05) is 0 Å². The molecule has 1 aromatic heterocycles. The molecule has 2 rings (SSSR count). The lowest BCUT2D eigenvalue weighted by atomic mass is 10.2. The van der Waals surface area contributed by atoms with E-state index in [1.54, 1.807) is 0 Å². The van der Waals surface area contributed by atoms with Crippen LogP contribution in [0.5, 0.6) is 0 Å². The lowest BCUT2D eigenvalue weighted by Gasteiger charge is -2.02. The summed E-state index contributed by atoms with van der Waals surface area (Å²) in [6.45, 7) is 4.26. The minimum absolute atomic E-state index is 0.384. The van der Waals surface area contributed by atoms with Crippen molar-refractivity contribution in [2.45, 2.75) is 38.3 Å². The first kappa shape index (κ1) is 7.80. The molecule has 0 saturated heterocycles. The Balaban J connectivity index is 2.14. The van der Waals surface area contributed by atoms with E-state index in [0.29, 0.717) is 18.0 Å². The molecule has 1 saturated carbocycles. The average Bonchev–Trinajstić information content (AvgIpc) is 2.59. The van der Waals surface area contributed by atoms with Crippen LogP contribution in [0.1, 0.15) is 37.8 Å². The van der Waals surface area contributed by atoms with Gasteiger partial charge in [-0.15, -0.1) is 0 Å². The van der Waals surface area contributed by atoms with Gasteiger partial charge in [0.2, 0.25) is 0 Å². The number of hydrogen-bond acceptors (Lipinski definition) is 2. The summed E-state index contributed by atoms with van der Waals surface area (Å²) in [5, 5.41) is 4.27. The Morgan fingerprint density at radius 1 is 1.67 bits per heavy atom. The zero-order valence-corrected chi connectivity index (χ0v) is 7.57. The van der Waals surface area contributed by atoms with E-state index >= 15 is 0 Å². The highest BCUT2D eigenvalue weighted by atomic mass is 15.3. The second-order valence-electron chi connectivity index (χ2n) is 3.85. The second kappa shape index (κ2) is 2.59. The summed E-state index contributed by atoms with van der Waals surface area (Å²) < 4.78 is 1.99. The monoisotopic (exact) mass is 165 g/mol. The molecule has 0 aliphatic heterocycles. The van der Waals surface area contributed by atoms with Gasteiger partial charge in [0.15, 0.2) is 0 Å². The van der Waals surface area contributed by atoms with E-state index in [1.807, 2.05) is 10.9 Å². The van der Waals surface area contributed by atoms with Crippen LogP contribution >= 0.6 is 0 Å². The molecule has 0 amide bonds. The predicted octanol–water partition coefficient (Wildman–Crippen LogP) is 1.28. The van der Waals surface area contributed by atoms with Crippen LogP contribution in [0.4, 0.5) is 0 Å². The van der Waals surface area contributed by atoms with E-state index in [0.717, 1.165) is 6.42 Å². The molecule has 1 fully saturated rings. The van der Waals surface area contributed by atoms with Crippen LogP contribution in [0.25, 0.3) is 0 Å². The normalized spacial score (nSPS) is 28.0. The first-order chi connectivity index (χ1) is 5.68. The summed E-state index contributed by atoms with van der Waals surface area (Å²) in [6, 6.07) is 0.837. The van der Waals surface area contributed by atoms with Crippen LogP contribution in [-0.4, -0.2) is 15.8 Å². The van der Waals surface area contributed by atoms with Gasteiger partial charge in [0.05, 0.1) is 6.20 Å². The van der Waals surface area contributed by atoms with E-state index in [2.05, 4.69) is 25.1 Å². The smallest absolute Gasteiger partial charge is 0.0525 e. The Bertz CT molecular complexity index is 277. The van der Waals surface area contributed by atoms with Gasteiger partial charge in [0.25, 0.3) is 0 Å². The Kier molecular flexibility index (Phi) is 1.68. The third-order valence-corrected chi connectivity index (χ3v) is 2.42. The van der Waals surface area contributed by atoms with Gasteiger partial charge in [-0.3, -0.25) is 4.68 Å². The van der Waals surface area contributed by atoms with Gasteiger partial charge in [0, 0.05) is 24.2 Å². The third kappa shape index (κ3) is 1.25. The summed E-state index contributed by atoms with van der Waals surface area (Å²) in [7, 11) is 0. The van der Waals surface area contributed by atoms with Gasteiger partial charge in [-0.25, -0.2) is 0 Å². The van der Waals surface area contributed by atoms with Gasteiger partial charge in [-0.1, -0.05) is 0 Å². The van der Waals surface area contributed by atoms with Crippen LogP contribution in [0.3, 0.4) is 0 Å². The molecule has 66 valence electrons. The van der Waals surface area contributed by atoms with Gasteiger partial charge in [-0.05, 0) is 25.8 Å². The summed E-state index contributed by atoms with van der Waals surface area (Å²) in [4.78, 5) is 0. The molecule has 0 aromatic carbocycles. The highest BCUT2D eigenvalue weighted by Gasteiger charge is 2.35. The largest absolute Gasteiger partial charge is 0.327 e. The lowest BCUT2D eigenvalue weighted by Crippen LogP contribution is -2.01. The molecular formula is C9H15N3. The minimum Gasteiger partial charge on any atom is -0.327 e. The first-order valence-electron chi connectivity index (χ1n) is 4.48. The van der Waals surface area contributed by atoms with Crippen molar-refractivity contribution >= 4 is 0 Å². The molecule has 3 heteroatoms. The standard InChI is InChI=1S/C9H15N3/c1-6(2)12-5-7(4-11-12)8-3-9(8)10/h4-6,8-9H,3,10H2,1-2H3. The molecule has 3 nitrogen and oxygen atoms in total. The molecule has 1 aliphatic carbocycles. The number of rotatable bonds is 2. The van der Waals surface area contributed by atoms with E-state index in [4.69, 9.17) is 5.73 Å². The summed E-state index contributed by atoms with van der Waals surface area (Å²) in [5.41, 5.74) is 7.05. The molecule has 1 aromatic rings. The molecule has 1 heterocycles. The molecule has 2 unspecified atom stereocenters. The third-order valence-electron chi connectivity index (χ3n) is 2.42. The topological polar surface area (TPSA) is 43.8 Å². The average molecular weight is 165 g/mol. The fourth-order valence-corrected chi connectivity index (χ4v) is 1.42. The predicted molar refractivity (Wildman–Crippen MR) is 47.9 cm³/mol. The maximum Gasteiger partial charge on any atom is 0.0525 e. The molecule has 0 bridgehead atoms. The van der Waals surface area contributed by atoms with Gasteiger partial charge >= 0.3 is 0 Å². The molecule has 0 radical (unpaired) electrons. The molecule has 0 spiro atoms. The van der Waals surface area contributed by atoms with E-state index in [9.17, 15) is 0 Å². The Morgan fingerprint density at radius 2 is 2.33 bits per heavy atom. The van der Waals surface area contributed by atoms with Gasteiger partial charge in [0.1, 0.15) is 0 Å². The SMILES string of the molecule is CC(C)n1cc(C2CC2N)cn1. The van der Waals surface area contributed by atoms with Crippen molar-refractivity contribution in [3.63, 3.8) is 0 Å². The quantitative estimate of drug-likeness (QED) is 0.717. The first-order valence-corrected chi connectivity index (χ1v) is 4.48. The van der Waals surface area contributed by atoms with Crippen molar-refractivity contribution in [3.05, 3.63) is 18.0 Å². The lowest BCUT2D eigenvalue weighted by molar-refractivity contribution is 0.532. The van der Waals surface area contributed by atoms with Crippen molar-refractivity contribution < 1.29 is 0 Å². The van der Waals surface area contributed by atoms with Crippen molar-refractivity contribution in [3.8, 4) is 0 Å². The molecule has 2 atom stereocenters. The molecule has 12 heavy (non-hydrogen) atoms. The van der Waals surface area contributed by atoms with Gasteiger partial charge in [-0.2, -0.15) is 5.10 Å². The van der Waals surface area contributed by atoms with E-state index < -0.39 is 0 Å². The molecule has 2 N–H and O–H groups in total. The van der Waals surface area contributed by atoms with E-state index in [-0.39, 0.29) is 0 Å². The number of nitrogens with zero attached hydrogens (tertiary/aromatic N) is 2. The van der Waals surface area contributed by atoms with Crippen LogP contribution in [0.15, 0.2) is 12.4 Å². The van der Waals surface area contributed by atoms with Crippen molar-refractivity contribution in [1.29, 1.82) is 0 Å². The van der Waals surface area contributed by atoms with E-state index in [1.165, 1.54) is 5.56 Å². The number of aromatic nitrogens is 2. The maximum atomic E-state index is 5.75. The van der Waals surface area contributed by atoms with Crippen molar-refractivity contribution in [1.82, 2.24) is 9.78 Å². The minimum atomic E-state index is 0.384. The van der Waals surface area contributed by atoms with Crippen LogP contribution in [0.2, 0.25) is 0 Å². The Morgan fingerprint density at radius 3 is 2.75 bits per heavy atom. The van der Waals surface area contributed by atoms with Gasteiger partial charge < -0.3 is 5.73 Å². The zero-order chi connectivity index (χ0) is 8.72. The highest BCUT2D eigenvalue weighted by Crippen LogP contribution is 2.38. The van der Waals surface area contributed by atoms with Crippen LogP contribution in [0, 0.1) is 0 Å². The summed E-state index contributed by atoms with van der Waals surface area (Å²) in [5.74, 6) is 0.581. The molecular weight excluding hydrogens is 150 g/mol. The Hall–Kier alpha value is -0.830. The van der Waals surface area contributed by atoms with Crippen LogP contribution < -0.4 is 5.73 Å². The van der Waals surface area contributed by atoms with Crippen molar-refractivity contribution in [2.24, 2.45) is 5.73 Å². The second-order valence-corrected chi connectivity index (χ2v) is 3.85. The number of hydrogen-bond donors (Lipinski definition) is 1. The zero-order valence-electron chi connectivity index (χ0n) is 7.57. The molecule has 1 aliphatic rings. The maximum absolute atomic E-state index is 5.75.